The summed E-state index contributed by atoms with van der Waals surface area (Å²) in [5.41, 5.74) is 0.879. The summed E-state index contributed by atoms with van der Waals surface area (Å²) in [5, 5.41) is 12.9. The smallest absolute Gasteiger partial charge is 0.390 e. The molecule has 1 aromatic rings. The number of ether oxygens (including phenoxy) is 4. The number of hydrogen-bond acceptors (Lipinski definition) is 7. The van der Waals surface area contributed by atoms with Crippen molar-refractivity contribution in [2.75, 3.05) is 33.1 Å². The maximum Gasteiger partial charge on any atom is 0.390 e. The summed E-state index contributed by atoms with van der Waals surface area (Å²) in [6.07, 6.45) is -5.61. The zero-order chi connectivity index (χ0) is 23.4. The van der Waals surface area contributed by atoms with Crippen LogP contribution in [-0.2, 0) is 20.8 Å². The fourth-order valence-electron chi connectivity index (χ4n) is 4.50. The molecule has 0 bridgehead atoms. The number of benzene rings is 1. The van der Waals surface area contributed by atoms with Gasteiger partial charge in [-0.05, 0) is 30.5 Å². The first-order chi connectivity index (χ1) is 15.8. The van der Waals surface area contributed by atoms with Crippen LogP contribution in [0.25, 0.3) is 0 Å². The highest BCUT2D eigenvalue weighted by molar-refractivity contribution is 5.76. The second-order valence-electron chi connectivity index (χ2n) is 8.66. The molecule has 4 rings (SSSR count). The number of fused-ring (bicyclic) bond motifs is 2. The van der Waals surface area contributed by atoms with Gasteiger partial charge in [0, 0.05) is 25.7 Å². The lowest BCUT2D eigenvalue weighted by Crippen LogP contribution is -2.56. The highest BCUT2D eigenvalue weighted by Crippen LogP contribution is 2.33. The van der Waals surface area contributed by atoms with Crippen LogP contribution >= 0.6 is 0 Å². The molecule has 3 aliphatic heterocycles. The zero-order valence-electron chi connectivity index (χ0n) is 18.2. The Balaban J connectivity index is 1.29. The quantitative estimate of drug-likeness (QED) is 0.652. The Hall–Kier alpha value is -2.08. The topological polar surface area (TPSA) is 89.5 Å². The normalized spacial score (nSPS) is 28.0. The van der Waals surface area contributed by atoms with Crippen molar-refractivity contribution in [2.24, 2.45) is 0 Å². The number of aliphatic hydroxyl groups is 1. The fourth-order valence-corrected chi connectivity index (χ4v) is 4.50. The van der Waals surface area contributed by atoms with E-state index in [-0.39, 0.29) is 57.6 Å². The highest BCUT2D eigenvalue weighted by atomic mass is 19.4. The molecule has 2 fully saturated rings. The van der Waals surface area contributed by atoms with Crippen LogP contribution in [0, 0.1) is 0 Å². The number of aliphatic hydroxyl groups excluding tert-OH is 1. The predicted octanol–water partition coefficient (Wildman–Crippen LogP) is 1.98. The van der Waals surface area contributed by atoms with Crippen molar-refractivity contribution >= 4 is 5.91 Å². The van der Waals surface area contributed by atoms with Crippen LogP contribution in [0.2, 0.25) is 0 Å². The van der Waals surface area contributed by atoms with Gasteiger partial charge < -0.3 is 29.4 Å². The Morgan fingerprint density at radius 2 is 2.00 bits per heavy atom. The molecule has 1 amide bonds. The molecule has 3 aliphatic rings. The maximum atomic E-state index is 12.8. The van der Waals surface area contributed by atoms with Crippen LogP contribution < -0.4 is 14.8 Å². The van der Waals surface area contributed by atoms with Gasteiger partial charge in [0.15, 0.2) is 11.5 Å². The van der Waals surface area contributed by atoms with E-state index in [9.17, 15) is 23.1 Å². The van der Waals surface area contributed by atoms with Gasteiger partial charge in [-0.2, -0.15) is 13.2 Å². The summed E-state index contributed by atoms with van der Waals surface area (Å²) in [4.78, 5) is 14.1. The van der Waals surface area contributed by atoms with E-state index >= 15 is 0 Å². The number of halogens is 3. The molecule has 0 aliphatic carbocycles. The molecular weight excluding hydrogens is 445 g/mol. The number of amides is 1. The molecule has 0 unspecified atom stereocenters. The van der Waals surface area contributed by atoms with Crippen LogP contribution in [-0.4, -0.2) is 79.5 Å². The standard InChI is InChI=1S/C22H29F3N2O6/c23-22(24,25)5-6-27-10-15(28)11-30-12-20-17(27)3-2-16(33-20)8-21(29)26-9-14-1-4-18-19(7-14)32-13-31-18/h1,4,7,15-17,20,28H,2-3,5-6,8-13H2,(H,26,29)/t15-,16+,17+,20-/m0/s1. The summed E-state index contributed by atoms with van der Waals surface area (Å²) < 4.78 is 60.5. The minimum atomic E-state index is -4.27. The SMILES string of the molecule is O=C(C[C@H]1CC[C@@H]2[C@H](COC[C@@H](O)CN2CCC(F)(F)F)O1)NCc1ccc2c(c1)OCO2. The van der Waals surface area contributed by atoms with Gasteiger partial charge in [-0.3, -0.25) is 9.69 Å². The molecule has 11 heteroatoms. The van der Waals surface area contributed by atoms with Crippen molar-refractivity contribution < 1.29 is 42.0 Å². The second kappa shape index (κ2) is 10.5. The minimum absolute atomic E-state index is 0.0375. The van der Waals surface area contributed by atoms with E-state index in [0.29, 0.717) is 30.9 Å². The first kappa shape index (κ1) is 24.1. The predicted molar refractivity (Wildman–Crippen MR) is 110 cm³/mol. The first-order valence-electron chi connectivity index (χ1n) is 11.1. The highest BCUT2D eigenvalue weighted by Gasteiger charge is 2.39. The summed E-state index contributed by atoms with van der Waals surface area (Å²) in [5.74, 6) is 1.15. The van der Waals surface area contributed by atoms with Crippen LogP contribution in [0.3, 0.4) is 0 Å². The van der Waals surface area contributed by atoms with Gasteiger partial charge in [0.2, 0.25) is 12.7 Å². The van der Waals surface area contributed by atoms with E-state index in [1.54, 1.807) is 11.0 Å². The summed E-state index contributed by atoms with van der Waals surface area (Å²) in [6, 6.07) is 5.17. The van der Waals surface area contributed by atoms with Crippen molar-refractivity contribution in [1.29, 1.82) is 0 Å². The third-order valence-electron chi connectivity index (χ3n) is 6.11. The monoisotopic (exact) mass is 474 g/mol. The number of carbonyl (C=O) groups excluding carboxylic acids is 1. The van der Waals surface area contributed by atoms with Crippen molar-refractivity contribution in [3.8, 4) is 11.5 Å². The minimum Gasteiger partial charge on any atom is -0.454 e. The van der Waals surface area contributed by atoms with Crippen LogP contribution in [0.5, 0.6) is 11.5 Å². The van der Waals surface area contributed by atoms with Gasteiger partial charge >= 0.3 is 6.18 Å². The number of nitrogens with one attached hydrogen (secondary N) is 1. The Morgan fingerprint density at radius 1 is 1.18 bits per heavy atom. The van der Waals surface area contributed by atoms with Crippen molar-refractivity contribution in [3.05, 3.63) is 23.8 Å². The molecule has 2 saturated heterocycles. The van der Waals surface area contributed by atoms with Crippen LogP contribution in [0.1, 0.15) is 31.2 Å². The average molecular weight is 474 g/mol. The van der Waals surface area contributed by atoms with Gasteiger partial charge in [-0.15, -0.1) is 0 Å². The lowest BCUT2D eigenvalue weighted by molar-refractivity contribution is -0.169. The molecule has 2 N–H and O–H groups in total. The summed E-state index contributed by atoms with van der Waals surface area (Å²) in [7, 11) is 0. The summed E-state index contributed by atoms with van der Waals surface area (Å²) >= 11 is 0. The van der Waals surface area contributed by atoms with Crippen molar-refractivity contribution in [3.63, 3.8) is 0 Å². The van der Waals surface area contributed by atoms with Crippen molar-refractivity contribution in [2.45, 2.75) is 62.8 Å². The number of carbonyl (C=O) groups is 1. The molecule has 3 heterocycles. The Labute approximate surface area is 189 Å². The molecule has 8 nitrogen and oxygen atoms in total. The molecule has 0 aromatic heterocycles. The molecule has 33 heavy (non-hydrogen) atoms. The molecule has 1 aromatic carbocycles. The zero-order valence-corrected chi connectivity index (χ0v) is 18.2. The first-order valence-corrected chi connectivity index (χ1v) is 11.1. The lowest BCUT2D eigenvalue weighted by Gasteiger charge is -2.44. The van der Waals surface area contributed by atoms with E-state index < -0.39 is 24.8 Å². The maximum absolute atomic E-state index is 12.8. The van der Waals surface area contributed by atoms with E-state index in [0.717, 1.165) is 5.56 Å². The van der Waals surface area contributed by atoms with Crippen LogP contribution in [0.4, 0.5) is 13.2 Å². The molecule has 184 valence electrons. The number of alkyl halides is 3. The molecular formula is C22H29F3N2O6. The van der Waals surface area contributed by atoms with Gasteiger partial charge in [-0.25, -0.2) is 0 Å². The number of rotatable bonds is 6. The Bertz CT molecular complexity index is 824. The number of hydrogen-bond donors (Lipinski definition) is 2. The van der Waals surface area contributed by atoms with E-state index in [4.69, 9.17) is 18.9 Å². The fraction of sp³-hybridized carbons (Fsp3) is 0.682. The third-order valence-corrected chi connectivity index (χ3v) is 6.11. The Morgan fingerprint density at radius 3 is 2.82 bits per heavy atom. The van der Waals surface area contributed by atoms with E-state index in [1.165, 1.54) is 0 Å². The largest absolute Gasteiger partial charge is 0.454 e. The van der Waals surface area contributed by atoms with Crippen LogP contribution in [0.15, 0.2) is 18.2 Å². The van der Waals surface area contributed by atoms with Gasteiger partial charge in [0.05, 0.1) is 44.4 Å². The molecule has 4 atom stereocenters. The van der Waals surface area contributed by atoms with Gasteiger partial charge in [0.25, 0.3) is 0 Å². The summed E-state index contributed by atoms with van der Waals surface area (Å²) in [6.45, 7) is 0.617. The molecule has 0 radical (unpaired) electrons. The lowest BCUT2D eigenvalue weighted by atomic mass is 9.94. The van der Waals surface area contributed by atoms with E-state index in [2.05, 4.69) is 5.32 Å². The average Bonchev–Trinajstić information content (AvgIpc) is 3.22. The molecule has 0 spiro atoms. The Kier molecular flexibility index (Phi) is 7.62. The van der Waals surface area contributed by atoms with E-state index in [1.807, 2.05) is 12.1 Å². The molecule has 0 saturated carbocycles. The van der Waals surface area contributed by atoms with Crippen molar-refractivity contribution in [1.82, 2.24) is 10.2 Å². The number of nitrogens with zero attached hydrogens (tertiary/aromatic N) is 1. The van der Waals surface area contributed by atoms with Gasteiger partial charge in [-0.1, -0.05) is 6.07 Å². The third kappa shape index (κ3) is 6.72. The van der Waals surface area contributed by atoms with Gasteiger partial charge in [0.1, 0.15) is 0 Å². The second-order valence-corrected chi connectivity index (χ2v) is 8.66. The number of β-amino-alcohol motifs (C(OH)–C–C–N with tert-alkyl or cyclic N) is 1.